The maximum atomic E-state index is 10.9. The molecule has 5 nitrogen and oxygen atoms in total. The van der Waals surface area contributed by atoms with Crippen molar-refractivity contribution in [1.29, 1.82) is 0 Å². The van der Waals surface area contributed by atoms with Gasteiger partial charge in [-0.1, -0.05) is 38.1 Å². The van der Waals surface area contributed by atoms with Gasteiger partial charge in [-0.25, -0.2) is 5.43 Å². The maximum Gasteiger partial charge on any atom is 0.236 e. The SMILES string of the molecule is CCC(C)c1ccc(OCCOc2ccccc2/C=N/NC(C)=O)cc1. The molecule has 0 saturated carbocycles. The number of carbonyl (C=O) groups excluding carboxylic acids is 1. The van der Waals surface area contributed by atoms with Gasteiger partial charge in [0.1, 0.15) is 24.7 Å². The van der Waals surface area contributed by atoms with Crippen molar-refractivity contribution in [3.05, 3.63) is 59.7 Å². The summed E-state index contributed by atoms with van der Waals surface area (Å²) in [6.07, 6.45) is 2.68. The highest BCUT2D eigenvalue weighted by molar-refractivity contribution is 5.84. The molecule has 1 atom stereocenters. The molecule has 0 bridgehead atoms. The van der Waals surface area contributed by atoms with E-state index in [2.05, 4.69) is 36.5 Å². The Hall–Kier alpha value is -2.82. The minimum absolute atomic E-state index is 0.215. The average molecular weight is 354 g/mol. The Bertz CT molecular complexity index is 726. The molecule has 0 spiro atoms. The van der Waals surface area contributed by atoms with E-state index in [1.54, 1.807) is 6.21 Å². The average Bonchev–Trinajstić information content (AvgIpc) is 2.66. The maximum absolute atomic E-state index is 10.9. The normalized spacial score (nSPS) is 12.0. The summed E-state index contributed by atoms with van der Waals surface area (Å²) in [5, 5.41) is 3.87. The number of ether oxygens (including phenoxy) is 2. The Morgan fingerprint density at radius 2 is 1.81 bits per heavy atom. The van der Waals surface area contributed by atoms with E-state index in [0.717, 1.165) is 17.7 Å². The zero-order valence-electron chi connectivity index (χ0n) is 15.6. The number of benzene rings is 2. The van der Waals surface area contributed by atoms with Gasteiger partial charge in [0, 0.05) is 12.5 Å². The van der Waals surface area contributed by atoms with Gasteiger partial charge in [0.05, 0.1) is 6.21 Å². The van der Waals surface area contributed by atoms with E-state index >= 15 is 0 Å². The van der Waals surface area contributed by atoms with E-state index in [0.29, 0.717) is 24.9 Å². The third-order valence-corrected chi connectivity index (χ3v) is 4.02. The van der Waals surface area contributed by atoms with Crippen molar-refractivity contribution in [2.45, 2.75) is 33.1 Å². The number of nitrogens with zero attached hydrogens (tertiary/aromatic N) is 1. The smallest absolute Gasteiger partial charge is 0.236 e. The van der Waals surface area contributed by atoms with Gasteiger partial charge < -0.3 is 9.47 Å². The molecule has 0 fully saturated rings. The first-order chi connectivity index (χ1) is 12.6. The van der Waals surface area contributed by atoms with Gasteiger partial charge in [-0.2, -0.15) is 5.10 Å². The number of para-hydroxylation sites is 1. The summed E-state index contributed by atoms with van der Waals surface area (Å²) in [6, 6.07) is 15.7. The van der Waals surface area contributed by atoms with Crippen LogP contribution in [0.25, 0.3) is 0 Å². The Morgan fingerprint density at radius 3 is 2.50 bits per heavy atom. The number of rotatable bonds is 9. The van der Waals surface area contributed by atoms with Gasteiger partial charge in [-0.05, 0) is 42.2 Å². The monoisotopic (exact) mass is 354 g/mol. The molecular weight excluding hydrogens is 328 g/mol. The number of hydrogen-bond donors (Lipinski definition) is 1. The summed E-state index contributed by atoms with van der Waals surface area (Å²) in [4.78, 5) is 10.9. The van der Waals surface area contributed by atoms with Crippen LogP contribution in [-0.2, 0) is 4.79 Å². The summed E-state index contributed by atoms with van der Waals surface area (Å²) >= 11 is 0. The van der Waals surface area contributed by atoms with Crippen LogP contribution in [0.1, 0.15) is 44.2 Å². The van der Waals surface area contributed by atoms with Crippen molar-refractivity contribution in [2.24, 2.45) is 5.10 Å². The van der Waals surface area contributed by atoms with Crippen molar-refractivity contribution in [2.75, 3.05) is 13.2 Å². The first-order valence-corrected chi connectivity index (χ1v) is 8.84. The standard InChI is InChI=1S/C21H26N2O3/c1-4-16(2)18-9-11-20(12-10-18)25-13-14-26-21-8-6-5-7-19(21)15-22-23-17(3)24/h5-12,15-16H,4,13-14H2,1-3H3,(H,23,24)/b22-15+. The highest BCUT2D eigenvalue weighted by Crippen LogP contribution is 2.21. The van der Waals surface area contributed by atoms with Crippen molar-refractivity contribution >= 4 is 12.1 Å². The molecule has 2 aromatic carbocycles. The highest BCUT2D eigenvalue weighted by atomic mass is 16.5. The van der Waals surface area contributed by atoms with Crippen LogP contribution in [0.4, 0.5) is 0 Å². The largest absolute Gasteiger partial charge is 0.490 e. The third-order valence-electron chi connectivity index (χ3n) is 4.02. The molecule has 138 valence electrons. The van der Waals surface area contributed by atoms with Crippen LogP contribution in [0.15, 0.2) is 53.6 Å². The predicted molar refractivity (Wildman–Crippen MR) is 104 cm³/mol. The topological polar surface area (TPSA) is 59.9 Å². The van der Waals surface area contributed by atoms with E-state index in [1.807, 2.05) is 36.4 Å². The van der Waals surface area contributed by atoms with Crippen LogP contribution in [0.5, 0.6) is 11.5 Å². The van der Waals surface area contributed by atoms with Crippen molar-refractivity contribution in [3.8, 4) is 11.5 Å². The molecule has 5 heteroatoms. The molecule has 0 aliphatic rings. The zero-order chi connectivity index (χ0) is 18.8. The molecule has 0 aromatic heterocycles. The molecular formula is C21H26N2O3. The fourth-order valence-corrected chi connectivity index (χ4v) is 2.35. The molecule has 2 rings (SSSR count). The molecule has 1 amide bonds. The van der Waals surface area contributed by atoms with Crippen molar-refractivity contribution in [1.82, 2.24) is 5.43 Å². The Balaban J connectivity index is 1.83. The number of carbonyl (C=O) groups is 1. The number of nitrogens with one attached hydrogen (secondary N) is 1. The van der Waals surface area contributed by atoms with Crippen molar-refractivity contribution < 1.29 is 14.3 Å². The lowest BCUT2D eigenvalue weighted by molar-refractivity contribution is -0.118. The van der Waals surface area contributed by atoms with Gasteiger partial charge in [0.15, 0.2) is 0 Å². The second kappa shape index (κ2) is 10.2. The van der Waals surface area contributed by atoms with E-state index < -0.39 is 0 Å². The molecule has 1 N–H and O–H groups in total. The van der Waals surface area contributed by atoms with Crippen LogP contribution < -0.4 is 14.9 Å². The summed E-state index contributed by atoms with van der Waals surface area (Å²) in [6.45, 7) is 6.67. The Labute approximate surface area is 155 Å². The van der Waals surface area contributed by atoms with Crippen LogP contribution >= 0.6 is 0 Å². The fraction of sp³-hybridized carbons (Fsp3) is 0.333. The highest BCUT2D eigenvalue weighted by Gasteiger charge is 2.04. The second-order valence-electron chi connectivity index (χ2n) is 6.04. The molecule has 0 aliphatic carbocycles. The minimum Gasteiger partial charge on any atom is -0.490 e. The minimum atomic E-state index is -0.215. The second-order valence-corrected chi connectivity index (χ2v) is 6.04. The van der Waals surface area contributed by atoms with Crippen molar-refractivity contribution in [3.63, 3.8) is 0 Å². The Kier molecular flexibility index (Phi) is 7.68. The molecule has 0 radical (unpaired) electrons. The molecule has 0 heterocycles. The van der Waals surface area contributed by atoms with Crippen LogP contribution in [-0.4, -0.2) is 25.3 Å². The molecule has 0 saturated heterocycles. The molecule has 2 aromatic rings. The summed E-state index contributed by atoms with van der Waals surface area (Å²) < 4.78 is 11.5. The van der Waals surface area contributed by atoms with E-state index in [9.17, 15) is 4.79 Å². The first-order valence-electron chi connectivity index (χ1n) is 8.84. The van der Waals surface area contributed by atoms with Crippen LogP contribution in [0, 0.1) is 0 Å². The predicted octanol–water partition coefficient (Wildman–Crippen LogP) is 4.13. The van der Waals surface area contributed by atoms with Gasteiger partial charge in [-0.3, -0.25) is 4.79 Å². The summed E-state index contributed by atoms with van der Waals surface area (Å²) in [7, 11) is 0. The van der Waals surface area contributed by atoms with E-state index in [-0.39, 0.29) is 5.91 Å². The Morgan fingerprint density at radius 1 is 1.12 bits per heavy atom. The van der Waals surface area contributed by atoms with Gasteiger partial charge >= 0.3 is 0 Å². The lowest BCUT2D eigenvalue weighted by Gasteiger charge is -2.12. The van der Waals surface area contributed by atoms with Crippen LogP contribution in [0.3, 0.4) is 0 Å². The summed E-state index contributed by atoms with van der Waals surface area (Å²) in [5.41, 5.74) is 4.49. The van der Waals surface area contributed by atoms with E-state index in [4.69, 9.17) is 9.47 Å². The number of hydrazone groups is 1. The number of amides is 1. The van der Waals surface area contributed by atoms with Gasteiger partial charge in [0.25, 0.3) is 0 Å². The molecule has 0 aliphatic heterocycles. The lowest BCUT2D eigenvalue weighted by atomic mass is 9.99. The van der Waals surface area contributed by atoms with E-state index in [1.165, 1.54) is 12.5 Å². The third kappa shape index (κ3) is 6.24. The molecule has 1 unspecified atom stereocenters. The lowest BCUT2D eigenvalue weighted by Crippen LogP contribution is -2.13. The van der Waals surface area contributed by atoms with Gasteiger partial charge in [-0.15, -0.1) is 0 Å². The van der Waals surface area contributed by atoms with Gasteiger partial charge in [0.2, 0.25) is 5.91 Å². The number of hydrogen-bond acceptors (Lipinski definition) is 4. The quantitative estimate of drug-likeness (QED) is 0.418. The summed E-state index contributed by atoms with van der Waals surface area (Å²) in [5.74, 6) is 1.87. The molecule has 26 heavy (non-hydrogen) atoms. The van der Waals surface area contributed by atoms with Crippen LogP contribution in [0.2, 0.25) is 0 Å². The zero-order valence-corrected chi connectivity index (χ0v) is 15.6. The first kappa shape index (κ1) is 19.5. The fourth-order valence-electron chi connectivity index (χ4n) is 2.35.